The maximum atomic E-state index is 11.0. The van der Waals surface area contributed by atoms with Crippen LogP contribution in [0, 0.1) is 0 Å². The number of hydrogen-bond acceptors (Lipinski definition) is 3. The smallest absolute Gasteiger partial charge is 0.152 e. The van der Waals surface area contributed by atoms with E-state index in [1.807, 2.05) is 36.2 Å². The molecule has 17 heavy (non-hydrogen) atoms. The van der Waals surface area contributed by atoms with Gasteiger partial charge in [0.05, 0.1) is 12.5 Å². The molecule has 1 aromatic heterocycles. The van der Waals surface area contributed by atoms with Crippen molar-refractivity contribution in [2.75, 3.05) is 11.9 Å². The second-order valence-electron chi connectivity index (χ2n) is 3.81. The van der Waals surface area contributed by atoms with Gasteiger partial charge in [0.15, 0.2) is 6.29 Å². The van der Waals surface area contributed by atoms with Crippen molar-refractivity contribution in [3.63, 3.8) is 0 Å². The first-order chi connectivity index (χ1) is 8.20. The molecular weight excluding hydrogens is 282 g/mol. The lowest BCUT2D eigenvalue weighted by atomic mass is 10.1. The van der Waals surface area contributed by atoms with E-state index in [2.05, 4.69) is 15.9 Å². The highest BCUT2D eigenvalue weighted by Gasteiger charge is 2.08. The molecule has 1 heterocycles. The maximum absolute atomic E-state index is 11.0. The van der Waals surface area contributed by atoms with Gasteiger partial charge in [-0.2, -0.15) is 0 Å². The van der Waals surface area contributed by atoms with Gasteiger partial charge in [-0.1, -0.05) is 15.9 Å². The predicted molar refractivity (Wildman–Crippen MR) is 70.3 cm³/mol. The zero-order valence-electron chi connectivity index (χ0n) is 9.39. The van der Waals surface area contributed by atoms with Crippen molar-refractivity contribution in [2.24, 2.45) is 0 Å². The quantitative estimate of drug-likeness (QED) is 0.809. The van der Waals surface area contributed by atoms with Crippen LogP contribution in [-0.4, -0.2) is 13.3 Å². The minimum atomic E-state index is 0.672. The lowest BCUT2D eigenvalue weighted by molar-refractivity contribution is 0.112. The average molecular weight is 294 g/mol. The van der Waals surface area contributed by atoms with Gasteiger partial charge in [-0.05, 0) is 24.3 Å². The van der Waals surface area contributed by atoms with E-state index in [1.165, 1.54) is 0 Å². The number of rotatable bonds is 4. The second-order valence-corrected chi connectivity index (χ2v) is 4.72. The van der Waals surface area contributed by atoms with Gasteiger partial charge in [0.2, 0.25) is 0 Å². The number of carbonyl (C=O) groups is 1. The Kier molecular flexibility index (Phi) is 3.64. The molecule has 2 rings (SSSR count). The summed E-state index contributed by atoms with van der Waals surface area (Å²) >= 11 is 3.35. The summed E-state index contributed by atoms with van der Waals surface area (Å²) in [5, 5.41) is 0. The summed E-state index contributed by atoms with van der Waals surface area (Å²) in [5.74, 6) is 0. The third kappa shape index (κ3) is 2.77. The first-order valence-corrected chi connectivity index (χ1v) is 5.97. The number of nitrogens with zero attached hydrogens (tertiary/aromatic N) is 1. The van der Waals surface area contributed by atoms with E-state index in [-0.39, 0.29) is 0 Å². The van der Waals surface area contributed by atoms with Crippen molar-refractivity contribution < 1.29 is 9.21 Å². The van der Waals surface area contributed by atoms with Crippen molar-refractivity contribution in [3.8, 4) is 0 Å². The fraction of sp³-hybridized carbons (Fsp3) is 0.154. The van der Waals surface area contributed by atoms with E-state index >= 15 is 0 Å². The normalized spacial score (nSPS) is 10.2. The molecule has 0 aliphatic carbocycles. The molecule has 0 N–H and O–H groups in total. The molecule has 0 saturated carbocycles. The van der Waals surface area contributed by atoms with Gasteiger partial charge in [-0.3, -0.25) is 4.79 Å². The van der Waals surface area contributed by atoms with Crippen molar-refractivity contribution in [1.29, 1.82) is 0 Å². The fourth-order valence-electron chi connectivity index (χ4n) is 1.71. The number of furan rings is 1. The molecule has 0 bridgehead atoms. The van der Waals surface area contributed by atoms with E-state index in [0.717, 1.165) is 22.0 Å². The minimum Gasteiger partial charge on any atom is -0.472 e. The first-order valence-electron chi connectivity index (χ1n) is 5.17. The Morgan fingerprint density at radius 1 is 1.41 bits per heavy atom. The lowest BCUT2D eigenvalue weighted by Crippen LogP contribution is -2.17. The van der Waals surface area contributed by atoms with E-state index in [4.69, 9.17) is 4.42 Å². The number of anilines is 1. The van der Waals surface area contributed by atoms with Gasteiger partial charge < -0.3 is 9.32 Å². The number of benzene rings is 1. The summed E-state index contributed by atoms with van der Waals surface area (Å²) in [6.45, 7) is 0.707. The molecule has 2 aromatic rings. The molecule has 1 aromatic carbocycles. The molecule has 0 saturated heterocycles. The monoisotopic (exact) mass is 293 g/mol. The summed E-state index contributed by atoms with van der Waals surface area (Å²) in [6.07, 6.45) is 4.22. The SMILES string of the molecule is CN(Cc1ccoc1)c1ccc(Br)cc1C=O. The van der Waals surface area contributed by atoms with Crippen molar-refractivity contribution in [1.82, 2.24) is 0 Å². The Hall–Kier alpha value is -1.55. The first kappa shape index (κ1) is 11.9. The van der Waals surface area contributed by atoms with Crippen LogP contribution in [0.15, 0.2) is 45.7 Å². The number of carbonyl (C=O) groups excluding carboxylic acids is 1. The van der Waals surface area contributed by atoms with Gasteiger partial charge in [-0.15, -0.1) is 0 Å². The van der Waals surface area contributed by atoms with E-state index in [0.29, 0.717) is 12.1 Å². The van der Waals surface area contributed by atoms with Crippen LogP contribution in [0.3, 0.4) is 0 Å². The van der Waals surface area contributed by atoms with Crippen LogP contribution in [0.4, 0.5) is 5.69 Å². The Labute approximate surface area is 108 Å². The van der Waals surface area contributed by atoms with Gasteiger partial charge in [0.1, 0.15) is 0 Å². The third-order valence-electron chi connectivity index (χ3n) is 2.53. The van der Waals surface area contributed by atoms with E-state index in [1.54, 1.807) is 12.5 Å². The highest BCUT2D eigenvalue weighted by molar-refractivity contribution is 9.10. The second kappa shape index (κ2) is 5.19. The van der Waals surface area contributed by atoms with Crippen LogP contribution in [0.2, 0.25) is 0 Å². The highest BCUT2D eigenvalue weighted by Crippen LogP contribution is 2.23. The molecule has 0 radical (unpaired) electrons. The largest absolute Gasteiger partial charge is 0.472 e. The Morgan fingerprint density at radius 2 is 2.24 bits per heavy atom. The molecule has 0 unspecified atom stereocenters. The Bertz CT molecular complexity index is 508. The summed E-state index contributed by atoms with van der Waals surface area (Å²) in [5.41, 5.74) is 2.65. The van der Waals surface area contributed by atoms with Gasteiger partial charge in [0.25, 0.3) is 0 Å². The van der Waals surface area contributed by atoms with Gasteiger partial charge >= 0.3 is 0 Å². The Morgan fingerprint density at radius 3 is 2.88 bits per heavy atom. The summed E-state index contributed by atoms with van der Waals surface area (Å²) in [4.78, 5) is 13.0. The van der Waals surface area contributed by atoms with Crippen LogP contribution in [-0.2, 0) is 6.54 Å². The molecule has 0 spiro atoms. The zero-order valence-corrected chi connectivity index (χ0v) is 11.0. The molecule has 4 heteroatoms. The summed E-state index contributed by atoms with van der Waals surface area (Å²) in [7, 11) is 1.95. The molecular formula is C13H12BrNO2. The summed E-state index contributed by atoms with van der Waals surface area (Å²) in [6, 6.07) is 7.58. The zero-order chi connectivity index (χ0) is 12.3. The van der Waals surface area contributed by atoms with Crippen LogP contribution >= 0.6 is 15.9 Å². The van der Waals surface area contributed by atoms with E-state index in [9.17, 15) is 4.79 Å². The summed E-state index contributed by atoms with van der Waals surface area (Å²) < 4.78 is 5.93. The van der Waals surface area contributed by atoms with Crippen LogP contribution in [0.25, 0.3) is 0 Å². The topological polar surface area (TPSA) is 33.5 Å². The van der Waals surface area contributed by atoms with Crippen LogP contribution in [0.5, 0.6) is 0 Å². The average Bonchev–Trinajstić information content (AvgIpc) is 2.81. The Balaban J connectivity index is 2.24. The standard InChI is InChI=1S/C13H12BrNO2/c1-15(7-10-4-5-17-9-10)13-3-2-12(14)6-11(13)8-16/h2-6,8-9H,7H2,1H3. The van der Waals surface area contributed by atoms with Crippen molar-refractivity contribution in [3.05, 3.63) is 52.4 Å². The fourth-order valence-corrected chi connectivity index (χ4v) is 2.09. The minimum absolute atomic E-state index is 0.672. The third-order valence-corrected chi connectivity index (χ3v) is 3.02. The number of aldehydes is 1. The number of halogens is 1. The molecule has 0 atom stereocenters. The molecule has 88 valence electrons. The lowest BCUT2D eigenvalue weighted by Gasteiger charge is -2.20. The van der Waals surface area contributed by atoms with Crippen molar-refractivity contribution in [2.45, 2.75) is 6.54 Å². The number of hydrogen-bond donors (Lipinski definition) is 0. The van der Waals surface area contributed by atoms with Crippen LogP contribution < -0.4 is 4.90 Å². The molecule has 0 fully saturated rings. The molecule has 0 aliphatic rings. The highest BCUT2D eigenvalue weighted by atomic mass is 79.9. The predicted octanol–water partition coefficient (Wildman–Crippen LogP) is 3.49. The van der Waals surface area contributed by atoms with Gasteiger partial charge in [-0.25, -0.2) is 0 Å². The molecule has 0 aliphatic heterocycles. The molecule has 0 amide bonds. The van der Waals surface area contributed by atoms with Gasteiger partial charge in [0, 0.05) is 34.9 Å². The van der Waals surface area contributed by atoms with E-state index < -0.39 is 0 Å². The maximum Gasteiger partial charge on any atom is 0.152 e. The molecule has 3 nitrogen and oxygen atoms in total. The van der Waals surface area contributed by atoms with Crippen LogP contribution in [0.1, 0.15) is 15.9 Å². The van der Waals surface area contributed by atoms with Crippen molar-refractivity contribution >= 4 is 27.9 Å².